The Bertz CT molecular complexity index is 1280. The number of carbonyl (C=O) groups excluding carboxylic acids is 1. The van der Waals surface area contributed by atoms with Gasteiger partial charge in [0.25, 0.3) is 5.71 Å². The summed E-state index contributed by atoms with van der Waals surface area (Å²) in [6.45, 7) is 1.76. The third-order valence-corrected chi connectivity index (χ3v) is 5.66. The van der Waals surface area contributed by atoms with Crippen LogP contribution >= 0.6 is 0 Å². The van der Waals surface area contributed by atoms with E-state index in [0.717, 1.165) is 25.1 Å². The Labute approximate surface area is 186 Å². The number of rotatable bonds is 1. The fraction of sp³-hybridized carbons (Fsp3) is 0.238. The van der Waals surface area contributed by atoms with Crippen molar-refractivity contribution in [3.63, 3.8) is 0 Å². The molecule has 0 unspecified atom stereocenters. The summed E-state index contributed by atoms with van der Waals surface area (Å²) < 4.78 is 77.2. The van der Waals surface area contributed by atoms with E-state index in [2.05, 4.69) is 22.8 Å². The van der Waals surface area contributed by atoms with Gasteiger partial charge in [-0.05, 0) is 23.8 Å². The van der Waals surface area contributed by atoms with Crippen LogP contribution in [0.3, 0.4) is 0 Å². The van der Waals surface area contributed by atoms with Crippen LogP contribution < -0.4 is 9.47 Å². The number of benzene rings is 2. The second kappa shape index (κ2) is 8.52. The molecule has 5 rings (SSSR count). The zero-order valence-corrected chi connectivity index (χ0v) is 17.6. The van der Waals surface area contributed by atoms with Gasteiger partial charge in [0.1, 0.15) is 12.3 Å². The van der Waals surface area contributed by atoms with Crippen molar-refractivity contribution in [2.24, 2.45) is 0 Å². The minimum Gasteiger partial charge on any atom is -0.741 e. The van der Waals surface area contributed by atoms with Crippen molar-refractivity contribution in [1.82, 2.24) is 0 Å². The van der Waals surface area contributed by atoms with Gasteiger partial charge in [0.05, 0.1) is 6.08 Å². The first-order chi connectivity index (χ1) is 15.5. The van der Waals surface area contributed by atoms with Crippen LogP contribution in [0.5, 0.6) is 11.5 Å². The van der Waals surface area contributed by atoms with Crippen LogP contribution in [0, 0.1) is 0 Å². The number of hydrogen-bond donors (Lipinski definition) is 0. The third-order valence-electron chi connectivity index (χ3n) is 5.09. The maximum absolute atomic E-state index is 12.4. The minimum absolute atomic E-state index is 0.224. The SMILES string of the molecule is O=C1OC(c2ccc3c(c2)OCO3)=CC1=[N+]1CCc2ccccc2C1.O=S(=O)([O-])C(F)(F)F. The second-order valence-electron chi connectivity index (χ2n) is 7.19. The number of halogens is 3. The maximum atomic E-state index is 12.4. The van der Waals surface area contributed by atoms with Gasteiger partial charge in [-0.3, -0.25) is 0 Å². The van der Waals surface area contributed by atoms with E-state index in [9.17, 15) is 18.0 Å². The number of alkyl halides is 3. The van der Waals surface area contributed by atoms with E-state index in [1.165, 1.54) is 11.1 Å². The molecule has 0 atom stereocenters. The van der Waals surface area contributed by atoms with E-state index in [1.807, 2.05) is 30.3 Å². The predicted octanol–water partition coefficient (Wildman–Crippen LogP) is 2.57. The summed E-state index contributed by atoms with van der Waals surface area (Å²) >= 11 is 0. The van der Waals surface area contributed by atoms with Crippen LogP contribution in [0.2, 0.25) is 0 Å². The van der Waals surface area contributed by atoms with Crippen molar-refractivity contribution in [2.45, 2.75) is 18.5 Å². The highest BCUT2D eigenvalue weighted by atomic mass is 32.2. The zero-order chi connectivity index (χ0) is 23.8. The lowest BCUT2D eigenvalue weighted by molar-refractivity contribution is -0.545. The topological polar surface area (TPSA) is 105 Å². The molecule has 0 radical (unpaired) electrons. The van der Waals surface area contributed by atoms with Gasteiger partial charge in [0, 0.05) is 17.5 Å². The Morgan fingerprint density at radius 1 is 1.00 bits per heavy atom. The summed E-state index contributed by atoms with van der Waals surface area (Å²) in [5, 5.41) is 0. The molecule has 0 saturated heterocycles. The lowest BCUT2D eigenvalue weighted by atomic mass is 10.0. The second-order valence-corrected chi connectivity index (χ2v) is 8.56. The molecule has 0 spiro atoms. The molecule has 0 fully saturated rings. The molecule has 2 aromatic carbocycles. The molecule has 33 heavy (non-hydrogen) atoms. The maximum Gasteiger partial charge on any atom is 0.485 e. The van der Waals surface area contributed by atoms with Crippen LogP contribution in [0.1, 0.15) is 16.7 Å². The highest BCUT2D eigenvalue weighted by Crippen LogP contribution is 2.35. The van der Waals surface area contributed by atoms with Crippen molar-refractivity contribution in [3.8, 4) is 11.5 Å². The summed E-state index contributed by atoms with van der Waals surface area (Å²) in [6, 6.07) is 13.9. The molecule has 0 amide bonds. The van der Waals surface area contributed by atoms with E-state index < -0.39 is 15.6 Å². The summed E-state index contributed by atoms with van der Waals surface area (Å²) in [5.41, 5.74) is -1.61. The van der Waals surface area contributed by atoms with E-state index in [-0.39, 0.29) is 12.8 Å². The molecule has 0 N–H and O–H groups in total. The van der Waals surface area contributed by atoms with Gasteiger partial charge in [0.2, 0.25) is 6.79 Å². The quantitative estimate of drug-likeness (QED) is 0.266. The highest BCUT2D eigenvalue weighted by Gasteiger charge is 2.37. The lowest BCUT2D eigenvalue weighted by Gasteiger charge is -2.14. The average molecular weight is 483 g/mol. The van der Waals surface area contributed by atoms with Crippen LogP contribution in [0.15, 0.2) is 48.5 Å². The summed E-state index contributed by atoms with van der Waals surface area (Å²) in [5.74, 6) is 1.64. The molecule has 3 aliphatic rings. The Morgan fingerprint density at radius 3 is 2.36 bits per heavy atom. The number of cyclic esters (lactones) is 1. The molecule has 0 aliphatic carbocycles. The lowest BCUT2D eigenvalue weighted by Crippen LogP contribution is -2.30. The molecule has 2 aromatic rings. The number of carbonyl (C=O) groups is 1. The van der Waals surface area contributed by atoms with Crippen molar-refractivity contribution in [2.75, 3.05) is 13.3 Å². The van der Waals surface area contributed by atoms with Crippen molar-refractivity contribution in [3.05, 3.63) is 65.2 Å². The molecule has 3 heterocycles. The summed E-state index contributed by atoms with van der Waals surface area (Å²) in [4.78, 5) is 12.4. The van der Waals surface area contributed by atoms with E-state index in [1.54, 1.807) is 0 Å². The third kappa shape index (κ3) is 4.86. The van der Waals surface area contributed by atoms with Crippen LogP contribution in [0.4, 0.5) is 13.2 Å². The van der Waals surface area contributed by atoms with Gasteiger partial charge < -0.3 is 18.8 Å². The summed E-state index contributed by atoms with van der Waals surface area (Å²) in [6.07, 6.45) is 2.76. The first-order valence-electron chi connectivity index (χ1n) is 9.57. The van der Waals surface area contributed by atoms with Crippen molar-refractivity contribution < 1.29 is 49.7 Å². The van der Waals surface area contributed by atoms with E-state index in [4.69, 9.17) is 27.2 Å². The molecular weight excluding hydrogens is 467 g/mol. The van der Waals surface area contributed by atoms with Crippen LogP contribution in [0.25, 0.3) is 5.76 Å². The minimum atomic E-state index is -6.09. The fourth-order valence-electron chi connectivity index (χ4n) is 3.48. The highest BCUT2D eigenvalue weighted by molar-refractivity contribution is 7.86. The van der Waals surface area contributed by atoms with Crippen molar-refractivity contribution >= 4 is 27.6 Å². The van der Waals surface area contributed by atoms with E-state index in [0.29, 0.717) is 23.0 Å². The predicted molar refractivity (Wildman–Crippen MR) is 106 cm³/mol. The normalized spacial score (nSPS) is 19.3. The smallest absolute Gasteiger partial charge is 0.485 e. The van der Waals surface area contributed by atoms with E-state index >= 15 is 0 Å². The van der Waals surface area contributed by atoms with Gasteiger partial charge in [-0.15, -0.1) is 0 Å². The fourth-order valence-corrected chi connectivity index (χ4v) is 3.48. The van der Waals surface area contributed by atoms with Crippen LogP contribution in [-0.2, 0) is 32.6 Å². The molecule has 8 nitrogen and oxygen atoms in total. The number of nitrogens with zero attached hydrogens (tertiary/aromatic N) is 1. The number of esters is 1. The number of hydrogen-bond acceptors (Lipinski definition) is 7. The Kier molecular flexibility index (Phi) is 5.89. The standard InChI is InChI=1S/C20H16NO4.CHF3O3S/c22-20-16(21-8-7-13-3-1-2-4-15(13)11-21)10-18(25-20)14-5-6-17-19(9-14)24-12-23-17;2-1(3,4)8(5,6)7/h1-6,9-10H,7-8,11-12H2;(H,5,6,7)/q+1;/p-1. The van der Waals surface area contributed by atoms with Gasteiger partial charge >= 0.3 is 11.5 Å². The molecule has 0 saturated carbocycles. The van der Waals surface area contributed by atoms with Crippen LogP contribution in [-0.4, -0.2) is 48.1 Å². The Hall–Kier alpha value is -3.38. The Balaban J connectivity index is 0.000000281. The zero-order valence-electron chi connectivity index (χ0n) is 16.8. The van der Waals surface area contributed by atoms with Crippen molar-refractivity contribution in [1.29, 1.82) is 0 Å². The largest absolute Gasteiger partial charge is 0.741 e. The van der Waals surface area contributed by atoms with Gasteiger partial charge in [-0.25, -0.2) is 17.8 Å². The Morgan fingerprint density at radius 2 is 1.67 bits per heavy atom. The summed E-state index contributed by atoms with van der Waals surface area (Å²) in [7, 11) is -6.09. The number of ether oxygens (including phenoxy) is 3. The molecule has 3 aliphatic heterocycles. The first-order valence-corrected chi connectivity index (χ1v) is 11.0. The van der Waals surface area contributed by atoms with Gasteiger partial charge in [0.15, 0.2) is 28.2 Å². The number of fused-ring (bicyclic) bond motifs is 2. The monoisotopic (exact) mass is 483 g/mol. The molecule has 0 bridgehead atoms. The molecular formula is C21H16F3NO7S. The molecule has 12 heteroatoms. The van der Waals surface area contributed by atoms with Gasteiger partial charge in [-0.1, -0.05) is 24.3 Å². The average Bonchev–Trinajstić information content (AvgIpc) is 3.38. The molecule has 174 valence electrons. The first kappa shape index (κ1) is 22.8. The molecule has 0 aromatic heterocycles. The van der Waals surface area contributed by atoms with Gasteiger partial charge in [-0.2, -0.15) is 13.2 Å².